The normalized spacial score (nSPS) is 10.3. The van der Waals surface area contributed by atoms with Gasteiger partial charge in [0.2, 0.25) is 5.91 Å². The van der Waals surface area contributed by atoms with Crippen LogP contribution in [0.1, 0.15) is 0 Å². The second-order valence-electron chi connectivity index (χ2n) is 3.83. The number of carbonyl (C=O) groups excluding carboxylic acids is 1. The third-order valence-corrected chi connectivity index (χ3v) is 2.70. The van der Waals surface area contributed by atoms with Crippen LogP contribution in [0.4, 0.5) is 11.5 Å². The number of halogens is 2. The van der Waals surface area contributed by atoms with Gasteiger partial charge in [0.15, 0.2) is 0 Å². The molecule has 0 radical (unpaired) electrons. The summed E-state index contributed by atoms with van der Waals surface area (Å²) in [5.74, 6) is -0.718. The van der Waals surface area contributed by atoms with Crippen molar-refractivity contribution in [3.8, 4) is 0 Å². The lowest BCUT2D eigenvalue weighted by Crippen LogP contribution is -2.19. The summed E-state index contributed by atoms with van der Waals surface area (Å²) >= 11 is 11.6. The molecule has 0 unspecified atom stereocenters. The molecule has 1 amide bonds. The molecule has 0 saturated carbocycles. The van der Waals surface area contributed by atoms with E-state index >= 15 is 0 Å². The highest BCUT2D eigenvalue weighted by Gasteiger charge is 2.13. The summed E-state index contributed by atoms with van der Waals surface area (Å²) in [4.78, 5) is 21.6. The molecule has 0 aliphatic rings. The zero-order valence-corrected chi connectivity index (χ0v) is 11.4. The van der Waals surface area contributed by atoms with Crippen molar-refractivity contribution in [2.24, 2.45) is 0 Å². The minimum atomic E-state index is -0.634. The zero-order chi connectivity index (χ0) is 14.7. The standard InChI is InChI=1S/C11H8Cl2N4O3/c12-7-3-8(13)5-9(4-7)14-11(18)6-16-2-1-10(15-16)17(19)20/h1-5H,6H2,(H,14,18). The lowest BCUT2D eigenvalue weighted by Gasteiger charge is -2.05. The Balaban J connectivity index is 2.03. The summed E-state index contributed by atoms with van der Waals surface area (Å²) in [6, 6.07) is 5.83. The van der Waals surface area contributed by atoms with Gasteiger partial charge in [-0.05, 0) is 23.1 Å². The van der Waals surface area contributed by atoms with Gasteiger partial charge in [-0.2, -0.15) is 4.68 Å². The van der Waals surface area contributed by atoms with Gasteiger partial charge in [0.05, 0.1) is 17.4 Å². The Bertz CT molecular complexity index is 651. The third-order valence-electron chi connectivity index (χ3n) is 2.27. The van der Waals surface area contributed by atoms with Crippen LogP contribution in [-0.2, 0) is 11.3 Å². The minimum Gasteiger partial charge on any atom is -0.358 e. The van der Waals surface area contributed by atoms with E-state index in [1.165, 1.54) is 35.1 Å². The average molecular weight is 315 g/mol. The van der Waals surface area contributed by atoms with E-state index in [2.05, 4.69) is 10.4 Å². The van der Waals surface area contributed by atoms with Crippen LogP contribution in [0, 0.1) is 10.1 Å². The maximum Gasteiger partial charge on any atom is 0.389 e. The van der Waals surface area contributed by atoms with Crippen molar-refractivity contribution in [1.82, 2.24) is 9.78 Å². The van der Waals surface area contributed by atoms with Crippen LogP contribution in [0.2, 0.25) is 10.0 Å². The van der Waals surface area contributed by atoms with E-state index in [-0.39, 0.29) is 12.4 Å². The van der Waals surface area contributed by atoms with Crippen LogP contribution < -0.4 is 5.32 Å². The number of amides is 1. The third kappa shape index (κ3) is 3.69. The largest absolute Gasteiger partial charge is 0.389 e. The minimum absolute atomic E-state index is 0.155. The first kappa shape index (κ1) is 14.3. The van der Waals surface area contributed by atoms with E-state index < -0.39 is 10.8 Å². The van der Waals surface area contributed by atoms with E-state index in [0.717, 1.165) is 0 Å². The predicted molar refractivity (Wildman–Crippen MR) is 74.0 cm³/mol. The molecule has 1 N–H and O–H groups in total. The summed E-state index contributed by atoms with van der Waals surface area (Å²) in [6.07, 6.45) is 1.35. The highest BCUT2D eigenvalue weighted by Crippen LogP contribution is 2.22. The van der Waals surface area contributed by atoms with Gasteiger partial charge in [-0.1, -0.05) is 23.2 Å². The molecule has 0 saturated heterocycles. The van der Waals surface area contributed by atoms with Crippen LogP contribution in [-0.4, -0.2) is 20.6 Å². The lowest BCUT2D eigenvalue weighted by molar-refractivity contribution is -0.389. The second-order valence-corrected chi connectivity index (χ2v) is 4.71. The summed E-state index contributed by atoms with van der Waals surface area (Å²) in [6.45, 7) is -0.155. The van der Waals surface area contributed by atoms with Gasteiger partial charge in [0, 0.05) is 15.7 Å². The number of rotatable bonds is 4. The molecule has 0 aliphatic carbocycles. The fourth-order valence-corrected chi connectivity index (χ4v) is 2.04. The number of nitrogens with zero attached hydrogens (tertiary/aromatic N) is 3. The van der Waals surface area contributed by atoms with Crippen LogP contribution in [0.3, 0.4) is 0 Å². The molecule has 104 valence electrons. The van der Waals surface area contributed by atoms with E-state index in [4.69, 9.17) is 23.2 Å². The lowest BCUT2D eigenvalue weighted by atomic mass is 10.3. The van der Waals surface area contributed by atoms with Gasteiger partial charge >= 0.3 is 5.82 Å². The molecule has 1 aromatic heterocycles. The molecular formula is C11H8Cl2N4O3. The van der Waals surface area contributed by atoms with Gasteiger partial charge in [-0.3, -0.25) is 4.79 Å². The molecular weight excluding hydrogens is 307 g/mol. The zero-order valence-electron chi connectivity index (χ0n) is 9.92. The Morgan fingerprint density at radius 2 is 2.00 bits per heavy atom. The molecule has 2 aromatic rings. The van der Waals surface area contributed by atoms with Gasteiger partial charge in [0.25, 0.3) is 0 Å². The number of nitrogens with one attached hydrogen (secondary N) is 1. The number of carbonyl (C=O) groups is 1. The van der Waals surface area contributed by atoms with Crippen LogP contribution in [0.15, 0.2) is 30.5 Å². The number of hydrogen-bond donors (Lipinski definition) is 1. The average Bonchev–Trinajstić information content (AvgIpc) is 2.75. The first-order chi connectivity index (χ1) is 9.44. The van der Waals surface area contributed by atoms with E-state index in [1.54, 1.807) is 0 Å². The summed E-state index contributed by atoms with van der Waals surface area (Å²) in [5, 5.41) is 17.5. The number of benzene rings is 1. The maximum atomic E-state index is 11.8. The second kappa shape index (κ2) is 5.89. The van der Waals surface area contributed by atoms with Crippen molar-refractivity contribution < 1.29 is 9.72 Å². The summed E-state index contributed by atoms with van der Waals surface area (Å²) in [7, 11) is 0. The van der Waals surface area contributed by atoms with E-state index in [9.17, 15) is 14.9 Å². The van der Waals surface area contributed by atoms with Crippen molar-refractivity contribution in [3.05, 3.63) is 50.6 Å². The topological polar surface area (TPSA) is 90.1 Å². The Morgan fingerprint density at radius 3 is 2.55 bits per heavy atom. The van der Waals surface area contributed by atoms with Crippen molar-refractivity contribution in [3.63, 3.8) is 0 Å². The fraction of sp³-hybridized carbons (Fsp3) is 0.0909. The molecule has 9 heteroatoms. The predicted octanol–water partition coefficient (Wildman–Crippen LogP) is 2.74. The van der Waals surface area contributed by atoms with Gasteiger partial charge in [-0.15, -0.1) is 0 Å². The van der Waals surface area contributed by atoms with Crippen molar-refractivity contribution in [1.29, 1.82) is 0 Å². The maximum absolute atomic E-state index is 11.8. The van der Waals surface area contributed by atoms with E-state index in [1.807, 2.05) is 0 Å². The van der Waals surface area contributed by atoms with Crippen LogP contribution in [0.25, 0.3) is 0 Å². The van der Waals surface area contributed by atoms with Crippen molar-refractivity contribution in [2.45, 2.75) is 6.54 Å². The van der Waals surface area contributed by atoms with Crippen LogP contribution in [0.5, 0.6) is 0 Å². The monoisotopic (exact) mass is 314 g/mol. The van der Waals surface area contributed by atoms with Gasteiger partial charge in [0.1, 0.15) is 6.54 Å². The number of aromatic nitrogens is 2. The quantitative estimate of drug-likeness (QED) is 0.694. The van der Waals surface area contributed by atoms with Gasteiger partial charge < -0.3 is 15.4 Å². The highest BCUT2D eigenvalue weighted by molar-refractivity contribution is 6.35. The molecule has 0 fully saturated rings. The molecule has 7 nitrogen and oxygen atoms in total. The number of nitro groups is 1. The van der Waals surface area contributed by atoms with Gasteiger partial charge in [-0.25, -0.2) is 0 Å². The van der Waals surface area contributed by atoms with E-state index in [0.29, 0.717) is 15.7 Å². The molecule has 1 aromatic carbocycles. The number of hydrogen-bond acceptors (Lipinski definition) is 4. The first-order valence-corrected chi connectivity index (χ1v) is 6.13. The smallest absolute Gasteiger partial charge is 0.358 e. The molecule has 0 aliphatic heterocycles. The molecule has 0 atom stereocenters. The Kier molecular flexibility index (Phi) is 4.21. The molecule has 2 rings (SSSR count). The molecule has 20 heavy (non-hydrogen) atoms. The van der Waals surface area contributed by atoms with Crippen molar-refractivity contribution >= 4 is 40.6 Å². The molecule has 1 heterocycles. The highest BCUT2D eigenvalue weighted by atomic mass is 35.5. The first-order valence-electron chi connectivity index (χ1n) is 5.38. The number of anilines is 1. The Hall–Kier alpha value is -2.12. The Morgan fingerprint density at radius 1 is 1.35 bits per heavy atom. The van der Waals surface area contributed by atoms with Crippen molar-refractivity contribution in [2.75, 3.05) is 5.32 Å². The molecule has 0 bridgehead atoms. The van der Waals surface area contributed by atoms with Crippen LogP contribution >= 0.6 is 23.2 Å². The fourth-order valence-electron chi connectivity index (χ4n) is 1.51. The summed E-state index contributed by atoms with van der Waals surface area (Å²) < 4.78 is 1.17. The summed E-state index contributed by atoms with van der Waals surface area (Å²) in [5.41, 5.74) is 0.439. The molecule has 0 spiro atoms. The Labute approximate surface area is 123 Å². The SMILES string of the molecule is O=C(Cn1ccc([N+](=O)[O-])n1)Nc1cc(Cl)cc(Cl)c1.